The van der Waals surface area contributed by atoms with E-state index in [9.17, 15) is 5.26 Å². The fraction of sp³-hybridized carbons (Fsp3) is 0.500. The molecule has 1 N–H and O–H groups in total. The molecule has 1 aliphatic rings. The van der Waals surface area contributed by atoms with Crippen LogP contribution in [0.5, 0.6) is 0 Å². The van der Waals surface area contributed by atoms with E-state index in [4.69, 9.17) is 0 Å². The minimum atomic E-state index is -0.289. The maximum absolute atomic E-state index is 9.22. The van der Waals surface area contributed by atoms with Gasteiger partial charge in [-0.25, -0.2) is 0 Å². The molecule has 0 aliphatic heterocycles. The number of hydrogen-bond donors (Lipinski definition) is 1. The van der Waals surface area contributed by atoms with Crippen LogP contribution in [0.15, 0.2) is 29.2 Å². The topological polar surface area (TPSA) is 35.8 Å². The number of nitrogens with zero attached hydrogens (tertiary/aromatic N) is 1. The van der Waals surface area contributed by atoms with Gasteiger partial charge < -0.3 is 5.32 Å². The summed E-state index contributed by atoms with van der Waals surface area (Å²) in [6.45, 7) is 2.10. The van der Waals surface area contributed by atoms with Crippen molar-refractivity contribution in [3.8, 4) is 6.07 Å². The highest BCUT2D eigenvalue weighted by molar-refractivity contribution is 8.00. The first kappa shape index (κ1) is 12.5. The standard InChI is InChI=1S/C14H18N2S/c1-11-3-5-12(6-4-11)17-13-7-8-14(9-13,10-15)16-2/h3-6,13,16H,7-9H2,1-2H3. The van der Waals surface area contributed by atoms with Gasteiger partial charge in [0.1, 0.15) is 5.54 Å². The monoisotopic (exact) mass is 246 g/mol. The van der Waals surface area contributed by atoms with Crippen molar-refractivity contribution in [2.45, 2.75) is 41.9 Å². The second kappa shape index (κ2) is 5.12. The van der Waals surface area contributed by atoms with Gasteiger partial charge in [-0.15, -0.1) is 11.8 Å². The van der Waals surface area contributed by atoms with Gasteiger partial charge in [-0.3, -0.25) is 0 Å². The van der Waals surface area contributed by atoms with Gasteiger partial charge >= 0.3 is 0 Å². The maximum atomic E-state index is 9.22. The predicted molar refractivity (Wildman–Crippen MR) is 72.1 cm³/mol. The normalized spacial score (nSPS) is 27.9. The van der Waals surface area contributed by atoms with Gasteiger partial charge in [0.2, 0.25) is 0 Å². The summed E-state index contributed by atoms with van der Waals surface area (Å²) in [6, 6.07) is 11.1. The Labute approximate surface area is 107 Å². The second-order valence-electron chi connectivity index (χ2n) is 4.74. The molecule has 17 heavy (non-hydrogen) atoms. The summed E-state index contributed by atoms with van der Waals surface area (Å²) in [5.41, 5.74) is 1.00. The molecule has 2 nitrogen and oxygen atoms in total. The van der Waals surface area contributed by atoms with Crippen LogP contribution < -0.4 is 5.32 Å². The van der Waals surface area contributed by atoms with E-state index in [1.807, 2.05) is 18.8 Å². The predicted octanol–water partition coefficient (Wildman–Crippen LogP) is 3.12. The van der Waals surface area contributed by atoms with Gasteiger partial charge in [0.15, 0.2) is 0 Å². The summed E-state index contributed by atoms with van der Waals surface area (Å²) in [6.07, 6.45) is 3.02. The molecule has 0 heterocycles. The Morgan fingerprint density at radius 2 is 2.12 bits per heavy atom. The summed E-state index contributed by atoms with van der Waals surface area (Å²) in [5, 5.41) is 13.0. The fourth-order valence-corrected chi connectivity index (χ4v) is 3.58. The van der Waals surface area contributed by atoms with Crippen molar-refractivity contribution in [3.63, 3.8) is 0 Å². The third-order valence-corrected chi connectivity index (χ3v) is 4.77. The second-order valence-corrected chi connectivity index (χ2v) is 6.11. The Bertz CT molecular complexity index is 421. The van der Waals surface area contributed by atoms with Crippen molar-refractivity contribution in [3.05, 3.63) is 29.8 Å². The number of rotatable bonds is 3. The first-order chi connectivity index (χ1) is 8.17. The Hall–Kier alpha value is -0.980. The van der Waals surface area contributed by atoms with Crippen molar-refractivity contribution in [2.75, 3.05) is 7.05 Å². The van der Waals surface area contributed by atoms with Gasteiger partial charge in [-0.1, -0.05) is 17.7 Å². The highest BCUT2D eigenvalue weighted by Gasteiger charge is 2.38. The molecule has 0 saturated heterocycles. The molecule has 1 fully saturated rings. The van der Waals surface area contributed by atoms with Gasteiger partial charge in [0, 0.05) is 10.1 Å². The lowest BCUT2D eigenvalue weighted by molar-refractivity contribution is 0.464. The maximum Gasteiger partial charge on any atom is 0.107 e. The molecule has 0 amide bonds. The molecule has 1 aromatic carbocycles. The van der Waals surface area contributed by atoms with Crippen molar-refractivity contribution < 1.29 is 0 Å². The van der Waals surface area contributed by atoms with Crippen molar-refractivity contribution in [1.29, 1.82) is 5.26 Å². The number of nitrogens with one attached hydrogen (secondary N) is 1. The highest BCUT2D eigenvalue weighted by Crippen LogP contribution is 2.39. The first-order valence-corrected chi connectivity index (χ1v) is 6.89. The summed E-state index contributed by atoms with van der Waals surface area (Å²) >= 11 is 1.90. The summed E-state index contributed by atoms with van der Waals surface area (Å²) < 4.78 is 0. The van der Waals surface area contributed by atoms with Gasteiger partial charge in [0.05, 0.1) is 6.07 Å². The Balaban J connectivity index is 1.98. The van der Waals surface area contributed by atoms with Crippen LogP contribution in [-0.4, -0.2) is 17.8 Å². The largest absolute Gasteiger partial charge is 0.302 e. The zero-order valence-corrected chi connectivity index (χ0v) is 11.2. The van der Waals surface area contributed by atoms with Crippen LogP contribution in [0.4, 0.5) is 0 Å². The lowest BCUT2D eigenvalue weighted by atomic mass is 10.0. The lowest BCUT2D eigenvalue weighted by Crippen LogP contribution is -2.38. The van der Waals surface area contributed by atoms with E-state index in [1.165, 1.54) is 10.5 Å². The fourth-order valence-electron chi connectivity index (χ4n) is 2.29. The van der Waals surface area contributed by atoms with E-state index in [0.29, 0.717) is 5.25 Å². The van der Waals surface area contributed by atoms with E-state index in [-0.39, 0.29) is 5.54 Å². The molecule has 3 heteroatoms. The van der Waals surface area contributed by atoms with Crippen LogP contribution in [0.25, 0.3) is 0 Å². The smallest absolute Gasteiger partial charge is 0.107 e. The minimum Gasteiger partial charge on any atom is -0.302 e. The van der Waals surface area contributed by atoms with E-state index >= 15 is 0 Å². The third kappa shape index (κ3) is 2.83. The minimum absolute atomic E-state index is 0.289. The summed E-state index contributed by atoms with van der Waals surface area (Å²) in [4.78, 5) is 1.31. The van der Waals surface area contributed by atoms with E-state index in [0.717, 1.165) is 19.3 Å². The van der Waals surface area contributed by atoms with E-state index in [2.05, 4.69) is 42.6 Å². The quantitative estimate of drug-likeness (QED) is 0.890. The average molecular weight is 246 g/mol. The molecule has 0 aromatic heterocycles. The number of thioether (sulfide) groups is 1. The highest BCUT2D eigenvalue weighted by atomic mass is 32.2. The van der Waals surface area contributed by atoms with Crippen molar-refractivity contribution in [2.24, 2.45) is 0 Å². The van der Waals surface area contributed by atoms with Crippen LogP contribution in [0.2, 0.25) is 0 Å². The molecule has 1 aliphatic carbocycles. The molecule has 0 spiro atoms. The molecule has 0 bridgehead atoms. The molecular weight excluding hydrogens is 228 g/mol. The van der Waals surface area contributed by atoms with Gasteiger partial charge in [-0.2, -0.15) is 5.26 Å². The molecule has 90 valence electrons. The van der Waals surface area contributed by atoms with Crippen LogP contribution in [-0.2, 0) is 0 Å². The Morgan fingerprint density at radius 3 is 2.65 bits per heavy atom. The molecule has 0 radical (unpaired) electrons. The lowest BCUT2D eigenvalue weighted by Gasteiger charge is -2.19. The molecule has 2 rings (SSSR count). The third-order valence-electron chi connectivity index (χ3n) is 3.49. The summed E-state index contributed by atoms with van der Waals surface area (Å²) in [7, 11) is 1.89. The molecule has 2 unspecified atom stereocenters. The molecule has 2 atom stereocenters. The van der Waals surface area contributed by atoms with Crippen molar-refractivity contribution >= 4 is 11.8 Å². The van der Waals surface area contributed by atoms with E-state index < -0.39 is 0 Å². The molecule has 1 saturated carbocycles. The number of hydrogen-bond acceptors (Lipinski definition) is 3. The Morgan fingerprint density at radius 1 is 1.41 bits per heavy atom. The first-order valence-electron chi connectivity index (χ1n) is 6.01. The van der Waals surface area contributed by atoms with Crippen LogP contribution >= 0.6 is 11.8 Å². The number of aryl methyl sites for hydroxylation is 1. The number of nitriles is 1. The zero-order chi connectivity index (χ0) is 12.3. The number of benzene rings is 1. The summed E-state index contributed by atoms with van der Waals surface area (Å²) in [5.74, 6) is 0. The SMILES string of the molecule is CNC1(C#N)CCC(Sc2ccc(C)cc2)C1. The van der Waals surface area contributed by atoms with Gasteiger partial charge in [0.25, 0.3) is 0 Å². The van der Waals surface area contributed by atoms with E-state index in [1.54, 1.807) is 0 Å². The van der Waals surface area contributed by atoms with Crippen LogP contribution in [0.3, 0.4) is 0 Å². The zero-order valence-electron chi connectivity index (χ0n) is 10.4. The molecular formula is C14H18N2S. The van der Waals surface area contributed by atoms with Gasteiger partial charge in [-0.05, 0) is 45.4 Å². The Kier molecular flexibility index (Phi) is 3.76. The van der Waals surface area contributed by atoms with Crippen LogP contribution in [0, 0.1) is 18.3 Å². The average Bonchev–Trinajstić information content (AvgIpc) is 2.76. The van der Waals surface area contributed by atoms with Crippen molar-refractivity contribution in [1.82, 2.24) is 5.32 Å². The molecule has 1 aromatic rings. The van der Waals surface area contributed by atoms with Crippen LogP contribution in [0.1, 0.15) is 24.8 Å².